The SMILES string of the molecule is CN1CCCC2CN(C(=O)c3ccc(Br)s3)CCC21. The van der Waals surface area contributed by atoms with Gasteiger partial charge in [-0.2, -0.15) is 0 Å². The van der Waals surface area contributed by atoms with Crippen molar-refractivity contribution in [3.8, 4) is 0 Å². The molecule has 0 spiro atoms. The van der Waals surface area contributed by atoms with Crippen LogP contribution in [-0.4, -0.2) is 48.4 Å². The second kappa shape index (κ2) is 5.54. The smallest absolute Gasteiger partial charge is 0.263 e. The molecule has 2 saturated heterocycles. The van der Waals surface area contributed by atoms with Gasteiger partial charge in [-0.25, -0.2) is 0 Å². The fourth-order valence-electron chi connectivity index (χ4n) is 3.42. The van der Waals surface area contributed by atoms with Crippen molar-refractivity contribution in [3.05, 3.63) is 20.8 Å². The molecule has 0 radical (unpaired) electrons. The van der Waals surface area contributed by atoms with Crippen molar-refractivity contribution in [2.75, 3.05) is 26.7 Å². The van der Waals surface area contributed by atoms with Gasteiger partial charge in [0.05, 0.1) is 8.66 Å². The number of carbonyl (C=O) groups excluding carboxylic acids is 1. The molecule has 0 aromatic carbocycles. The molecule has 1 aromatic rings. The molecular formula is C14H19BrN2OS. The van der Waals surface area contributed by atoms with E-state index in [-0.39, 0.29) is 5.91 Å². The molecule has 3 nitrogen and oxygen atoms in total. The number of piperidine rings is 2. The zero-order valence-electron chi connectivity index (χ0n) is 11.1. The monoisotopic (exact) mass is 342 g/mol. The molecule has 104 valence electrons. The number of fused-ring (bicyclic) bond motifs is 1. The highest BCUT2D eigenvalue weighted by Gasteiger charge is 2.36. The number of amides is 1. The van der Waals surface area contributed by atoms with Gasteiger partial charge in [0.2, 0.25) is 0 Å². The predicted octanol–water partition coefficient (Wildman–Crippen LogP) is 3.07. The highest BCUT2D eigenvalue weighted by molar-refractivity contribution is 9.11. The van der Waals surface area contributed by atoms with Crippen LogP contribution in [-0.2, 0) is 0 Å². The maximum Gasteiger partial charge on any atom is 0.263 e. The predicted molar refractivity (Wildman–Crippen MR) is 81.7 cm³/mol. The molecule has 0 saturated carbocycles. The van der Waals surface area contributed by atoms with Crippen LogP contribution in [0, 0.1) is 5.92 Å². The van der Waals surface area contributed by atoms with Gasteiger partial charge in [-0.3, -0.25) is 4.79 Å². The summed E-state index contributed by atoms with van der Waals surface area (Å²) in [5.74, 6) is 0.877. The zero-order valence-corrected chi connectivity index (χ0v) is 13.5. The Morgan fingerprint density at radius 2 is 2.21 bits per heavy atom. The summed E-state index contributed by atoms with van der Waals surface area (Å²) in [7, 11) is 2.23. The van der Waals surface area contributed by atoms with E-state index in [0.29, 0.717) is 12.0 Å². The lowest BCUT2D eigenvalue weighted by atomic mass is 9.84. The van der Waals surface area contributed by atoms with Gasteiger partial charge in [0.25, 0.3) is 5.91 Å². The maximum absolute atomic E-state index is 12.5. The molecule has 2 aliphatic rings. The van der Waals surface area contributed by atoms with Gasteiger partial charge in [-0.05, 0) is 66.8 Å². The Bertz CT molecular complexity index is 476. The summed E-state index contributed by atoms with van der Waals surface area (Å²) in [6, 6.07) is 4.57. The summed E-state index contributed by atoms with van der Waals surface area (Å²) in [4.78, 5) is 17.9. The average molecular weight is 343 g/mol. The number of nitrogens with zero attached hydrogens (tertiary/aromatic N) is 2. The highest BCUT2D eigenvalue weighted by Crippen LogP contribution is 2.31. The van der Waals surface area contributed by atoms with Crippen molar-refractivity contribution >= 4 is 33.2 Å². The van der Waals surface area contributed by atoms with Crippen molar-refractivity contribution < 1.29 is 4.79 Å². The van der Waals surface area contributed by atoms with Gasteiger partial charge in [0.15, 0.2) is 0 Å². The molecular weight excluding hydrogens is 324 g/mol. The molecule has 2 unspecified atom stereocenters. The second-order valence-electron chi connectivity index (χ2n) is 5.59. The first kappa shape index (κ1) is 13.6. The number of rotatable bonds is 1. The van der Waals surface area contributed by atoms with E-state index in [0.717, 1.165) is 28.2 Å². The summed E-state index contributed by atoms with van der Waals surface area (Å²) in [6.07, 6.45) is 3.66. The minimum atomic E-state index is 0.211. The van der Waals surface area contributed by atoms with Gasteiger partial charge < -0.3 is 9.80 Å². The molecule has 0 N–H and O–H groups in total. The molecule has 2 aliphatic heterocycles. The summed E-state index contributed by atoms with van der Waals surface area (Å²) < 4.78 is 1.03. The Labute approximate surface area is 126 Å². The normalized spacial score (nSPS) is 28.2. The molecule has 3 rings (SSSR count). The van der Waals surface area contributed by atoms with Crippen molar-refractivity contribution in [1.82, 2.24) is 9.80 Å². The molecule has 0 aliphatic carbocycles. The Morgan fingerprint density at radius 1 is 1.37 bits per heavy atom. The number of halogens is 1. The van der Waals surface area contributed by atoms with Crippen LogP contribution in [0.4, 0.5) is 0 Å². The third-order valence-corrected chi connectivity index (χ3v) is 6.03. The van der Waals surface area contributed by atoms with Crippen LogP contribution in [0.15, 0.2) is 15.9 Å². The van der Waals surface area contributed by atoms with Crippen molar-refractivity contribution in [1.29, 1.82) is 0 Å². The first-order chi connectivity index (χ1) is 9.15. The Kier molecular flexibility index (Phi) is 3.96. The fraction of sp³-hybridized carbons (Fsp3) is 0.643. The summed E-state index contributed by atoms with van der Waals surface area (Å²) in [5.41, 5.74) is 0. The molecule has 19 heavy (non-hydrogen) atoms. The van der Waals surface area contributed by atoms with Crippen molar-refractivity contribution in [3.63, 3.8) is 0 Å². The first-order valence-electron chi connectivity index (χ1n) is 6.90. The molecule has 5 heteroatoms. The van der Waals surface area contributed by atoms with E-state index < -0.39 is 0 Å². The van der Waals surface area contributed by atoms with Crippen LogP contribution in [0.3, 0.4) is 0 Å². The van der Waals surface area contributed by atoms with Crippen LogP contribution in [0.1, 0.15) is 28.9 Å². The lowest BCUT2D eigenvalue weighted by Gasteiger charge is -2.45. The van der Waals surface area contributed by atoms with E-state index in [2.05, 4.69) is 32.8 Å². The van der Waals surface area contributed by atoms with Gasteiger partial charge in [-0.1, -0.05) is 0 Å². The van der Waals surface area contributed by atoms with E-state index in [4.69, 9.17) is 0 Å². The summed E-state index contributed by atoms with van der Waals surface area (Å²) in [5, 5.41) is 0. The third kappa shape index (κ3) is 2.73. The van der Waals surface area contributed by atoms with Gasteiger partial charge in [-0.15, -0.1) is 11.3 Å². The molecule has 2 fully saturated rings. The van der Waals surface area contributed by atoms with E-state index in [1.165, 1.54) is 30.7 Å². The number of carbonyl (C=O) groups is 1. The van der Waals surface area contributed by atoms with Crippen LogP contribution >= 0.6 is 27.3 Å². The largest absolute Gasteiger partial charge is 0.338 e. The number of thiophene rings is 1. The first-order valence-corrected chi connectivity index (χ1v) is 8.51. The van der Waals surface area contributed by atoms with Crippen LogP contribution in [0.2, 0.25) is 0 Å². The van der Waals surface area contributed by atoms with Gasteiger partial charge >= 0.3 is 0 Å². The van der Waals surface area contributed by atoms with Gasteiger partial charge in [0, 0.05) is 19.1 Å². The number of likely N-dealkylation sites (tertiary alicyclic amines) is 2. The molecule has 1 amide bonds. The minimum absolute atomic E-state index is 0.211. The molecule has 2 atom stereocenters. The average Bonchev–Trinajstić information content (AvgIpc) is 2.84. The summed E-state index contributed by atoms with van der Waals surface area (Å²) in [6.45, 7) is 3.05. The summed E-state index contributed by atoms with van der Waals surface area (Å²) >= 11 is 4.96. The van der Waals surface area contributed by atoms with E-state index in [1.807, 2.05) is 12.1 Å². The number of hydrogen-bond acceptors (Lipinski definition) is 3. The van der Waals surface area contributed by atoms with Crippen LogP contribution < -0.4 is 0 Å². The lowest BCUT2D eigenvalue weighted by Crippen LogP contribution is -2.53. The van der Waals surface area contributed by atoms with Crippen LogP contribution in [0.25, 0.3) is 0 Å². The van der Waals surface area contributed by atoms with Crippen molar-refractivity contribution in [2.45, 2.75) is 25.3 Å². The zero-order chi connectivity index (χ0) is 13.4. The van der Waals surface area contributed by atoms with E-state index >= 15 is 0 Å². The van der Waals surface area contributed by atoms with E-state index in [1.54, 1.807) is 0 Å². The molecule has 1 aromatic heterocycles. The topological polar surface area (TPSA) is 23.6 Å². The fourth-order valence-corrected chi connectivity index (χ4v) is 4.78. The maximum atomic E-state index is 12.5. The van der Waals surface area contributed by atoms with E-state index in [9.17, 15) is 4.79 Å². The standard InChI is InChI=1S/C14H19BrN2OS/c1-16-7-2-3-10-9-17(8-6-11(10)16)14(18)12-4-5-13(15)19-12/h4-5,10-11H,2-3,6-9H2,1H3. The van der Waals surface area contributed by atoms with Crippen LogP contribution in [0.5, 0.6) is 0 Å². The second-order valence-corrected chi connectivity index (χ2v) is 8.06. The lowest BCUT2D eigenvalue weighted by molar-refractivity contribution is 0.0320. The Hall–Kier alpha value is -0.390. The Morgan fingerprint density at radius 3 is 2.95 bits per heavy atom. The van der Waals surface area contributed by atoms with Crippen molar-refractivity contribution in [2.24, 2.45) is 5.92 Å². The Balaban J connectivity index is 1.69. The van der Waals surface area contributed by atoms with Gasteiger partial charge in [0.1, 0.15) is 0 Å². The minimum Gasteiger partial charge on any atom is -0.338 e. The third-order valence-electron chi connectivity index (χ3n) is 4.42. The molecule has 3 heterocycles. The quantitative estimate of drug-likeness (QED) is 0.782. The molecule has 0 bridgehead atoms. The number of hydrogen-bond donors (Lipinski definition) is 0. The highest BCUT2D eigenvalue weighted by atomic mass is 79.9.